The van der Waals surface area contributed by atoms with Crippen LogP contribution in [0.4, 0.5) is 0 Å². The van der Waals surface area contributed by atoms with E-state index in [0.717, 1.165) is 5.82 Å². The summed E-state index contributed by atoms with van der Waals surface area (Å²) in [6.07, 6.45) is 4.06. The maximum absolute atomic E-state index is 3.36. The monoisotopic (exact) mass is 182 g/mol. The van der Waals surface area contributed by atoms with Crippen molar-refractivity contribution in [3.63, 3.8) is 0 Å². The SMILES string of the molecule is c1ccc2[nH]c(-n3cccc3)cc2c1. The molecule has 0 spiro atoms. The molecule has 1 N–H and O–H groups in total. The van der Waals surface area contributed by atoms with Crippen molar-refractivity contribution in [2.45, 2.75) is 0 Å². The minimum absolute atomic E-state index is 1.11. The van der Waals surface area contributed by atoms with Crippen LogP contribution < -0.4 is 0 Å². The zero-order chi connectivity index (χ0) is 9.38. The summed E-state index contributed by atoms with van der Waals surface area (Å²) < 4.78 is 2.07. The Kier molecular flexibility index (Phi) is 1.47. The molecular formula is C12H10N2. The predicted molar refractivity (Wildman–Crippen MR) is 57.6 cm³/mol. The van der Waals surface area contributed by atoms with Gasteiger partial charge in [0.05, 0.1) is 0 Å². The molecule has 0 fully saturated rings. The molecule has 2 nitrogen and oxygen atoms in total. The van der Waals surface area contributed by atoms with Crippen LogP contribution in [0.25, 0.3) is 16.7 Å². The van der Waals surface area contributed by atoms with Gasteiger partial charge in [-0.15, -0.1) is 0 Å². The van der Waals surface area contributed by atoms with Crippen LogP contribution in [-0.2, 0) is 0 Å². The Balaban J connectivity index is 2.24. The highest BCUT2D eigenvalue weighted by Gasteiger charge is 1.99. The quantitative estimate of drug-likeness (QED) is 0.597. The maximum atomic E-state index is 3.36. The number of nitrogens with zero attached hydrogens (tertiary/aromatic N) is 1. The fourth-order valence-electron chi connectivity index (χ4n) is 1.69. The van der Waals surface area contributed by atoms with E-state index >= 15 is 0 Å². The molecule has 0 radical (unpaired) electrons. The van der Waals surface area contributed by atoms with E-state index in [9.17, 15) is 0 Å². The van der Waals surface area contributed by atoms with Crippen molar-refractivity contribution < 1.29 is 0 Å². The Morgan fingerprint density at radius 3 is 2.50 bits per heavy atom. The molecule has 2 heteroatoms. The molecule has 3 rings (SSSR count). The molecule has 14 heavy (non-hydrogen) atoms. The minimum Gasteiger partial charge on any atom is -0.341 e. The van der Waals surface area contributed by atoms with Crippen LogP contribution >= 0.6 is 0 Å². The molecule has 0 aliphatic rings. The van der Waals surface area contributed by atoms with E-state index in [1.807, 2.05) is 30.6 Å². The first kappa shape index (κ1) is 7.44. The lowest BCUT2D eigenvalue weighted by atomic mass is 10.2. The summed E-state index contributed by atoms with van der Waals surface area (Å²) in [5.41, 5.74) is 1.18. The highest BCUT2D eigenvalue weighted by Crippen LogP contribution is 2.17. The summed E-state index contributed by atoms with van der Waals surface area (Å²) in [5.74, 6) is 1.11. The average molecular weight is 182 g/mol. The Morgan fingerprint density at radius 1 is 0.929 bits per heavy atom. The van der Waals surface area contributed by atoms with Gasteiger partial charge < -0.3 is 9.55 Å². The van der Waals surface area contributed by atoms with Crippen molar-refractivity contribution in [3.05, 3.63) is 54.9 Å². The van der Waals surface area contributed by atoms with Gasteiger partial charge in [-0.05, 0) is 24.3 Å². The summed E-state index contributed by atoms with van der Waals surface area (Å²) in [5, 5.41) is 1.25. The number of nitrogens with one attached hydrogen (secondary N) is 1. The highest BCUT2D eigenvalue weighted by atomic mass is 15.0. The lowest BCUT2D eigenvalue weighted by molar-refractivity contribution is 1.04. The fraction of sp³-hybridized carbons (Fsp3) is 0. The molecule has 68 valence electrons. The van der Waals surface area contributed by atoms with Crippen LogP contribution in [0.5, 0.6) is 0 Å². The van der Waals surface area contributed by atoms with Gasteiger partial charge in [0.1, 0.15) is 5.82 Å². The molecule has 0 atom stereocenters. The molecule has 2 aromatic heterocycles. The van der Waals surface area contributed by atoms with Crippen LogP contribution in [0.1, 0.15) is 0 Å². The second-order valence-corrected chi connectivity index (χ2v) is 3.33. The van der Waals surface area contributed by atoms with Crippen LogP contribution in [0, 0.1) is 0 Å². The van der Waals surface area contributed by atoms with Gasteiger partial charge in [0, 0.05) is 23.3 Å². The number of fused-ring (bicyclic) bond motifs is 1. The van der Waals surface area contributed by atoms with Gasteiger partial charge in [0.25, 0.3) is 0 Å². The third kappa shape index (κ3) is 1.04. The van der Waals surface area contributed by atoms with E-state index in [0.29, 0.717) is 0 Å². The van der Waals surface area contributed by atoms with Crippen LogP contribution in [-0.4, -0.2) is 9.55 Å². The highest BCUT2D eigenvalue weighted by molar-refractivity contribution is 5.81. The molecule has 0 amide bonds. The lowest BCUT2D eigenvalue weighted by Crippen LogP contribution is -1.87. The number of hydrogen-bond donors (Lipinski definition) is 1. The first-order valence-corrected chi connectivity index (χ1v) is 4.64. The molecule has 0 aliphatic carbocycles. The number of aromatic amines is 1. The van der Waals surface area contributed by atoms with Gasteiger partial charge in [-0.1, -0.05) is 18.2 Å². The standard InChI is InChI=1S/C12H10N2/c1-2-6-11-10(5-1)9-12(13-11)14-7-3-4-8-14/h1-9,13H. The van der Waals surface area contributed by atoms with E-state index in [2.05, 4.69) is 33.8 Å². The van der Waals surface area contributed by atoms with Gasteiger partial charge in [-0.25, -0.2) is 0 Å². The van der Waals surface area contributed by atoms with E-state index in [1.54, 1.807) is 0 Å². The normalized spacial score (nSPS) is 10.9. The minimum atomic E-state index is 1.11. The summed E-state index contributed by atoms with van der Waals surface area (Å²) in [4.78, 5) is 3.36. The predicted octanol–water partition coefficient (Wildman–Crippen LogP) is 2.96. The van der Waals surface area contributed by atoms with Gasteiger partial charge in [0.15, 0.2) is 0 Å². The maximum Gasteiger partial charge on any atom is 0.115 e. The zero-order valence-electron chi connectivity index (χ0n) is 7.64. The summed E-state index contributed by atoms with van der Waals surface area (Å²) in [7, 11) is 0. The zero-order valence-corrected chi connectivity index (χ0v) is 7.64. The second-order valence-electron chi connectivity index (χ2n) is 3.33. The molecule has 0 saturated carbocycles. The van der Waals surface area contributed by atoms with Gasteiger partial charge in [-0.2, -0.15) is 0 Å². The van der Waals surface area contributed by atoms with Crippen LogP contribution in [0.15, 0.2) is 54.9 Å². The molecule has 0 aliphatic heterocycles. The molecular weight excluding hydrogens is 172 g/mol. The largest absolute Gasteiger partial charge is 0.341 e. The van der Waals surface area contributed by atoms with Crippen LogP contribution in [0.3, 0.4) is 0 Å². The van der Waals surface area contributed by atoms with Crippen molar-refractivity contribution in [1.82, 2.24) is 9.55 Å². The number of para-hydroxylation sites is 1. The van der Waals surface area contributed by atoms with Crippen molar-refractivity contribution >= 4 is 10.9 Å². The Hall–Kier alpha value is -1.96. The van der Waals surface area contributed by atoms with Gasteiger partial charge >= 0.3 is 0 Å². The first-order chi connectivity index (χ1) is 6.93. The molecule has 2 heterocycles. The number of rotatable bonds is 1. The Morgan fingerprint density at radius 2 is 1.71 bits per heavy atom. The summed E-state index contributed by atoms with van der Waals surface area (Å²) in [6, 6.07) is 14.5. The van der Waals surface area contributed by atoms with Crippen molar-refractivity contribution in [1.29, 1.82) is 0 Å². The van der Waals surface area contributed by atoms with Crippen molar-refractivity contribution in [3.8, 4) is 5.82 Å². The van der Waals surface area contributed by atoms with E-state index in [-0.39, 0.29) is 0 Å². The molecule has 0 saturated heterocycles. The molecule has 3 aromatic rings. The third-order valence-electron chi connectivity index (χ3n) is 2.40. The summed E-state index contributed by atoms with van der Waals surface area (Å²) in [6.45, 7) is 0. The third-order valence-corrected chi connectivity index (χ3v) is 2.40. The smallest absolute Gasteiger partial charge is 0.115 e. The summed E-state index contributed by atoms with van der Waals surface area (Å²) >= 11 is 0. The topological polar surface area (TPSA) is 20.7 Å². The second kappa shape index (κ2) is 2.77. The molecule has 0 unspecified atom stereocenters. The van der Waals surface area contributed by atoms with E-state index in [1.165, 1.54) is 10.9 Å². The fourth-order valence-corrected chi connectivity index (χ4v) is 1.69. The number of benzene rings is 1. The Labute approximate surface area is 81.8 Å². The van der Waals surface area contributed by atoms with E-state index < -0.39 is 0 Å². The van der Waals surface area contributed by atoms with Crippen molar-refractivity contribution in [2.24, 2.45) is 0 Å². The number of H-pyrrole nitrogens is 1. The van der Waals surface area contributed by atoms with Gasteiger partial charge in [-0.3, -0.25) is 0 Å². The van der Waals surface area contributed by atoms with Crippen LogP contribution in [0.2, 0.25) is 0 Å². The number of aromatic nitrogens is 2. The molecule has 0 bridgehead atoms. The average Bonchev–Trinajstić information content (AvgIpc) is 2.86. The first-order valence-electron chi connectivity index (χ1n) is 4.64. The Bertz CT molecular complexity index is 513. The van der Waals surface area contributed by atoms with Crippen molar-refractivity contribution in [2.75, 3.05) is 0 Å². The lowest BCUT2D eigenvalue weighted by Gasteiger charge is -1.95. The molecule has 1 aromatic carbocycles. The number of hydrogen-bond acceptors (Lipinski definition) is 0. The van der Waals surface area contributed by atoms with E-state index in [4.69, 9.17) is 0 Å². The van der Waals surface area contributed by atoms with Gasteiger partial charge in [0.2, 0.25) is 0 Å².